The largest absolute Gasteiger partial charge is 0.448 e. The molecule has 0 aromatic heterocycles. The van der Waals surface area contributed by atoms with Gasteiger partial charge in [-0.1, -0.05) is 18.5 Å². The number of hydrogen-bond donors (Lipinski definition) is 2. The van der Waals surface area contributed by atoms with Gasteiger partial charge in [0.05, 0.1) is 5.02 Å². The highest BCUT2D eigenvalue weighted by Crippen LogP contribution is 2.50. The Balaban J connectivity index is 2.01. The molecule has 1 aliphatic heterocycles. The lowest BCUT2D eigenvalue weighted by Crippen LogP contribution is -2.39. The van der Waals surface area contributed by atoms with Crippen LogP contribution in [-0.4, -0.2) is 36.5 Å². The SMILES string of the molecule is CCC(CCCC1(C)Oc2c(C)c(C)c(CCNC=O)c(Cl)c2O1)NC(=O)OC(C)(C)C. The van der Waals surface area contributed by atoms with E-state index in [1.807, 2.05) is 48.5 Å². The van der Waals surface area contributed by atoms with E-state index in [2.05, 4.69) is 10.6 Å². The average molecular weight is 469 g/mol. The number of halogens is 1. The van der Waals surface area contributed by atoms with Crippen molar-refractivity contribution in [3.8, 4) is 11.5 Å². The fourth-order valence-electron chi connectivity index (χ4n) is 3.81. The van der Waals surface area contributed by atoms with Gasteiger partial charge in [-0.05, 0) is 77.0 Å². The van der Waals surface area contributed by atoms with E-state index < -0.39 is 17.5 Å². The molecule has 7 nitrogen and oxygen atoms in total. The topological polar surface area (TPSA) is 85.9 Å². The molecule has 0 saturated heterocycles. The molecule has 2 rings (SSSR count). The Labute approximate surface area is 196 Å². The second-order valence-electron chi connectivity index (χ2n) is 9.50. The fraction of sp³-hybridized carbons (Fsp3) is 0.667. The minimum absolute atomic E-state index is 0.0155. The standard InChI is InChI=1S/C24H37ClN2O5/c1-8-17(27-22(29)32-23(4,5)6)10-9-12-24(7)30-20-16(3)15(2)18(11-13-26-14-28)19(25)21(20)31-24/h14,17H,8-13H2,1-7H3,(H,26,28)(H,27,29). The van der Waals surface area contributed by atoms with Crippen molar-refractivity contribution in [2.75, 3.05) is 6.54 Å². The van der Waals surface area contributed by atoms with Gasteiger partial charge in [0.1, 0.15) is 5.60 Å². The molecule has 0 fully saturated rings. The van der Waals surface area contributed by atoms with Crippen LogP contribution in [0.4, 0.5) is 4.79 Å². The Morgan fingerprint density at radius 3 is 2.47 bits per heavy atom. The predicted octanol–water partition coefficient (Wildman–Crippen LogP) is 5.21. The maximum Gasteiger partial charge on any atom is 0.407 e. The van der Waals surface area contributed by atoms with E-state index in [1.54, 1.807) is 0 Å². The number of nitrogens with one attached hydrogen (secondary N) is 2. The third-order valence-electron chi connectivity index (χ3n) is 5.66. The molecule has 0 radical (unpaired) electrons. The van der Waals surface area contributed by atoms with Crippen LogP contribution in [0.15, 0.2) is 0 Å². The Kier molecular flexibility index (Phi) is 8.68. The number of alkyl carbamates (subject to hydrolysis) is 1. The number of ether oxygens (including phenoxy) is 3. The Hall–Kier alpha value is -2.15. The molecule has 0 aliphatic carbocycles. The van der Waals surface area contributed by atoms with E-state index >= 15 is 0 Å². The first kappa shape index (κ1) is 26.1. The van der Waals surface area contributed by atoms with Gasteiger partial charge in [-0.3, -0.25) is 4.79 Å². The zero-order valence-corrected chi connectivity index (χ0v) is 21.1. The number of rotatable bonds is 10. The lowest BCUT2D eigenvalue weighted by molar-refractivity contribution is -0.109. The van der Waals surface area contributed by atoms with Crippen molar-refractivity contribution in [2.24, 2.45) is 0 Å². The second kappa shape index (κ2) is 10.6. The number of amides is 2. The first-order valence-electron chi connectivity index (χ1n) is 11.3. The first-order chi connectivity index (χ1) is 14.9. The third-order valence-corrected chi connectivity index (χ3v) is 6.06. The van der Waals surface area contributed by atoms with Crippen LogP contribution >= 0.6 is 11.6 Å². The molecule has 180 valence electrons. The molecule has 8 heteroatoms. The molecule has 1 aromatic rings. The first-order valence-corrected chi connectivity index (χ1v) is 11.6. The lowest BCUT2D eigenvalue weighted by atomic mass is 9.99. The van der Waals surface area contributed by atoms with Crippen molar-refractivity contribution < 1.29 is 23.8 Å². The summed E-state index contributed by atoms with van der Waals surface area (Å²) in [5, 5.41) is 6.15. The summed E-state index contributed by atoms with van der Waals surface area (Å²) in [6.45, 7) is 14.0. The van der Waals surface area contributed by atoms with E-state index in [4.69, 9.17) is 25.8 Å². The summed E-state index contributed by atoms with van der Waals surface area (Å²) in [5.41, 5.74) is 2.47. The summed E-state index contributed by atoms with van der Waals surface area (Å²) in [6, 6.07) is 0.0155. The molecule has 2 N–H and O–H groups in total. The van der Waals surface area contributed by atoms with Crippen LogP contribution in [0.5, 0.6) is 11.5 Å². The highest BCUT2D eigenvalue weighted by Gasteiger charge is 2.40. The predicted molar refractivity (Wildman–Crippen MR) is 126 cm³/mol. The van der Waals surface area contributed by atoms with E-state index in [9.17, 15) is 9.59 Å². The normalized spacial score (nSPS) is 18.2. The molecule has 1 heterocycles. The van der Waals surface area contributed by atoms with Gasteiger partial charge in [0.15, 0.2) is 11.5 Å². The highest BCUT2D eigenvalue weighted by molar-refractivity contribution is 6.33. The van der Waals surface area contributed by atoms with Gasteiger partial charge in [0, 0.05) is 25.9 Å². The van der Waals surface area contributed by atoms with E-state index in [0.29, 0.717) is 42.3 Å². The summed E-state index contributed by atoms with van der Waals surface area (Å²) < 4.78 is 17.8. The number of hydrogen-bond acceptors (Lipinski definition) is 5. The monoisotopic (exact) mass is 468 g/mol. The molecular formula is C24H37ClN2O5. The summed E-state index contributed by atoms with van der Waals surface area (Å²) in [4.78, 5) is 22.6. The quantitative estimate of drug-likeness (QED) is 0.364. The van der Waals surface area contributed by atoms with Crippen molar-refractivity contribution in [3.05, 3.63) is 21.7 Å². The van der Waals surface area contributed by atoms with Gasteiger partial charge in [0.25, 0.3) is 0 Å². The fourth-order valence-corrected chi connectivity index (χ4v) is 4.17. The van der Waals surface area contributed by atoms with Crippen LogP contribution in [0.1, 0.15) is 77.0 Å². The lowest BCUT2D eigenvalue weighted by Gasteiger charge is -2.25. The van der Waals surface area contributed by atoms with Crippen LogP contribution in [0.2, 0.25) is 5.02 Å². The molecule has 0 saturated carbocycles. The zero-order valence-electron chi connectivity index (χ0n) is 20.3. The van der Waals surface area contributed by atoms with Crippen LogP contribution in [0.25, 0.3) is 0 Å². The third kappa shape index (κ3) is 6.67. The maximum absolute atomic E-state index is 12.1. The van der Waals surface area contributed by atoms with Gasteiger partial charge < -0.3 is 24.8 Å². The van der Waals surface area contributed by atoms with Crippen molar-refractivity contribution in [1.29, 1.82) is 0 Å². The van der Waals surface area contributed by atoms with Crippen molar-refractivity contribution in [2.45, 2.75) is 98.0 Å². The molecule has 1 aliphatic rings. The van der Waals surface area contributed by atoms with Crippen LogP contribution in [0, 0.1) is 13.8 Å². The van der Waals surface area contributed by atoms with Gasteiger partial charge in [-0.25, -0.2) is 4.79 Å². The highest BCUT2D eigenvalue weighted by atomic mass is 35.5. The van der Waals surface area contributed by atoms with Crippen molar-refractivity contribution in [1.82, 2.24) is 10.6 Å². The molecule has 32 heavy (non-hydrogen) atoms. The maximum atomic E-state index is 12.1. The molecule has 2 atom stereocenters. The van der Waals surface area contributed by atoms with E-state index in [0.717, 1.165) is 36.0 Å². The van der Waals surface area contributed by atoms with Gasteiger partial charge in [0.2, 0.25) is 12.2 Å². The number of benzene rings is 1. The number of carbonyl (C=O) groups is 2. The molecule has 2 unspecified atom stereocenters. The molecule has 0 spiro atoms. The Bertz CT molecular complexity index is 837. The molecular weight excluding hydrogens is 432 g/mol. The zero-order chi connectivity index (χ0) is 24.1. The summed E-state index contributed by atoms with van der Waals surface area (Å²) in [7, 11) is 0. The average Bonchev–Trinajstić information content (AvgIpc) is 3.05. The van der Waals surface area contributed by atoms with Crippen LogP contribution in [0.3, 0.4) is 0 Å². The van der Waals surface area contributed by atoms with Crippen molar-refractivity contribution >= 4 is 24.1 Å². The van der Waals surface area contributed by atoms with Gasteiger partial charge in [-0.2, -0.15) is 0 Å². The van der Waals surface area contributed by atoms with E-state index in [-0.39, 0.29) is 6.04 Å². The second-order valence-corrected chi connectivity index (χ2v) is 9.88. The summed E-state index contributed by atoms with van der Waals surface area (Å²) in [5.74, 6) is 0.422. The number of fused-ring (bicyclic) bond motifs is 1. The van der Waals surface area contributed by atoms with Crippen molar-refractivity contribution in [3.63, 3.8) is 0 Å². The minimum atomic E-state index is -0.826. The smallest absolute Gasteiger partial charge is 0.407 e. The molecule has 0 bridgehead atoms. The Morgan fingerprint density at radius 1 is 1.22 bits per heavy atom. The van der Waals surface area contributed by atoms with Gasteiger partial charge >= 0.3 is 6.09 Å². The van der Waals surface area contributed by atoms with Crippen LogP contribution < -0.4 is 20.1 Å². The number of carbonyl (C=O) groups excluding carboxylic acids is 2. The summed E-state index contributed by atoms with van der Waals surface area (Å²) in [6.07, 6.45) is 3.93. The molecule has 2 amide bonds. The van der Waals surface area contributed by atoms with Crippen LogP contribution in [-0.2, 0) is 16.0 Å². The molecule has 1 aromatic carbocycles. The minimum Gasteiger partial charge on any atom is -0.448 e. The Morgan fingerprint density at radius 2 is 1.88 bits per heavy atom. The van der Waals surface area contributed by atoms with Gasteiger partial charge in [-0.15, -0.1) is 0 Å². The summed E-state index contributed by atoms with van der Waals surface area (Å²) >= 11 is 6.67. The van der Waals surface area contributed by atoms with E-state index in [1.165, 1.54) is 0 Å².